The monoisotopic (exact) mass is 278 g/mol. The molecule has 0 saturated carbocycles. The van der Waals surface area contributed by atoms with E-state index in [4.69, 9.17) is 15.2 Å². The van der Waals surface area contributed by atoms with Gasteiger partial charge < -0.3 is 20.5 Å². The zero-order valence-electron chi connectivity index (χ0n) is 12.6. The third kappa shape index (κ3) is 3.71. The van der Waals surface area contributed by atoms with Gasteiger partial charge in [0.25, 0.3) is 0 Å². The summed E-state index contributed by atoms with van der Waals surface area (Å²) in [6.45, 7) is 6.63. The van der Waals surface area contributed by atoms with Gasteiger partial charge in [-0.2, -0.15) is 0 Å². The molecule has 0 saturated heterocycles. The van der Waals surface area contributed by atoms with Crippen LogP contribution >= 0.6 is 0 Å². The molecule has 1 aromatic carbocycles. The fourth-order valence-corrected chi connectivity index (χ4v) is 2.46. The van der Waals surface area contributed by atoms with Crippen molar-refractivity contribution >= 4 is 11.4 Å². The van der Waals surface area contributed by atoms with Gasteiger partial charge in [0.2, 0.25) is 0 Å². The minimum absolute atomic E-state index is 0.591. The quantitative estimate of drug-likeness (QED) is 0.747. The second-order valence-electron chi connectivity index (χ2n) is 5.38. The predicted octanol–water partition coefficient (Wildman–Crippen LogP) is 3.67. The van der Waals surface area contributed by atoms with Crippen LogP contribution in [0, 0.1) is 5.92 Å². The van der Waals surface area contributed by atoms with Gasteiger partial charge in [0, 0.05) is 18.7 Å². The molecule has 20 heavy (non-hydrogen) atoms. The summed E-state index contributed by atoms with van der Waals surface area (Å²) in [6, 6.07) is 3.81. The number of unbranched alkanes of at least 4 members (excludes halogenated alkanes) is 1. The van der Waals surface area contributed by atoms with Crippen molar-refractivity contribution < 1.29 is 9.47 Å². The lowest BCUT2D eigenvalue weighted by Gasteiger charge is -2.22. The van der Waals surface area contributed by atoms with Crippen molar-refractivity contribution in [3.63, 3.8) is 0 Å². The summed E-state index contributed by atoms with van der Waals surface area (Å²) in [6.07, 6.45) is 5.00. The van der Waals surface area contributed by atoms with Gasteiger partial charge in [-0.15, -0.1) is 0 Å². The Morgan fingerprint density at radius 1 is 1.20 bits per heavy atom. The normalized spacial score (nSPS) is 14.9. The maximum absolute atomic E-state index is 6.07. The second kappa shape index (κ2) is 7.27. The lowest BCUT2D eigenvalue weighted by atomic mass is 9.99. The Hall–Kier alpha value is -1.58. The lowest BCUT2D eigenvalue weighted by molar-refractivity contribution is 0.172. The van der Waals surface area contributed by atoms with E-state index in [1.54, 1.807) is 0 Å². The van der Waals surface area contributed by atoms with Gasteiger partial charge in [-0.05, 0) is 12.3 Å². The van der Waals surface area contributed by atoms with Crippen LogP contribution < -0.4 is 20.5 Å². The van der Waals surface area contributed by atoms with Gasteiger partial charge in [0.15, 0.2) is 11.5 Å². The van der Waals surface area contributed by atoms with Crippen molar-refractivity contribution in [1.82, 2.24) is 0 Å². The van der Waals surface area contributed by atoms with Crippen LogP contribution in [0.5, 0.6) is 11.5 Å². The first-order valence-electron chi connectivity index (χ1n) is 7.67. The third-order valence-corrected chi connectivity index (χ3v) is 3.84. The molecule has 4 nitrogen and oxygen atoms in total. The van der Waals surface area contributed by atoms with Crippen molar-refractivity contribution in [2.24, 2.45) is 5.92 Å². The van der Waals surface area contributed by atoms with E-state index in [2.05, 4.69) is 19.2 Å². The number of ether oxygens (including phenoxy) is 2. The number of nitrogens with two attached hydrogens (primary N) is 1. The molecule has 1 aromatic rings. The standard InChI is InChI=1S/C16H26N2O2/c1-3-5-6-12(4-2)11-18-14-10-16-15(9-13(14)17)19-7-8-20-16/h9-10,12,18H,3-8,11,17H2,1-2H3. The first-order chi connectivity index (χ1) is 9.74. The predicted molar refractivity (Wildman–Crippen MR) is 83.6 cm³/mol. The number of nitrogens with one attached hydrogen (secondary N) is 1. The average molecular weight is 278 g/mol. The molecule has 2 rings (SSSR count). The third-order valence-electron chi connectivity index (χ3n) is 3.84. The Bertz CT molecular complexity index is 435. The highest BCUT2D eigenvalue weighted by Gasteiger charge is 2.15. The van der Waals surface area contributed by atoms with Crippen LogP contribution in [0.3, 0.4) is 0 Å². The molecular formula is C16H26N2O2. The number of fused-ring (bicyclic) bond motifs is 1. The maximum Gasteiger partial charge on any atom is 0.163 e. The van der Waals surface area contributed by atoms with E-state index >= 15 is 0 Å². The van der Waals surface area contributed by atoms with Gasteiger partial charge in [-0.1, -0.05) is 33.1 Å². The highest BCUT2D eigenvalue weighted by atomic mass is 16.6. The fourth-order valence-electron chi connectivity index (χ4n) is 2.46. The fraction of sp³-hybridized carbons (Fsp3) is 0.625. The number of hydrogen-bond donors (Lipinski definition) is 2. The van der Waals surface area contributed by atoms with Crippen molar-refractivity contribution in [2.45, 2.75) is 39.5 Å². The van der Waals surface area contributed by atoms with Crippen LogP contribution in [-0.2, 0) is 0 Å². The first kappa shape index (κ1) is 14.8. The molecule has 1 heterocycles. The Morgan fingerprint density at radius 3 is 2.55 bits per heavy atom. The van der Waals surface area contributed by atoms with Gasteiger partial charge in [-0.25, -0.2) is 0 Å². The van der Waals surface area contributed by atoms with Gasteiger partial charge in [0.05, 0.1) is 11.4 Å². The molecule has 0 radical (unpaired) electrons. The molecule has 0 amide bonds. The SMILES string of the molecule is CCCCC(CC)CNc1cc2c(cc1N)OCCO2. The smallest absolute Gasteiger partial charge is 0.163 e. The van der Waals surface area contributed by atoms with Crippen LogP contribution in [0.1, 0.15) is 39.5 Å². The Labute approximate surface area is 121 Å². The molecule has 4 heteroatoms. The summed E-state index contributed by atoms with van der Waals surface area (Å²) >= 11 is 0. The van der Waals surface area contributed by atoms with Crippen molar-refractivity contribution in [2.75, 3.05) is 30.8 Å². The zero-order valence-corrected chi connectivity index (χ0v) is 12.6. The molecule has 0 spiro atoms. The minimum Gasteiger partial charge on any atom is -0.486 e. The molecule has 1 aliphatic rings. The molecular weight excluding hydrogens is 252 g/mol. The molecule has 112 valence electrons. The van der Waals surface area contributed by atoms with Crippen molar-refractivity contribution in [1.29, 1.82) is 0 Å². The summed E-state index contributed by atoms with van der Waals surface area (Å²) in [5.74, 6) is 2.23. The maximum atomic E-state index is 6.07. The molecule has 1 aliphatic heterocycles. The number of hydrogen-bond acceptors (Lipinski definition) is 4. The van der Waals surface area contributed by atoms with Gasteiger partial charge in [0.1, 0.15) is 13.2 Å². The summed E-state index contributed by atoms with van der Waals surface area (Å²) in [4.78, 5) is 0. The molecule has 0 fully saturated rings. The second-order valence-corrected chi connectivity index (χ2v) is 5.38. The zero-order chi connectivity index (χ0) is 14.4. The Kier molecular flexibility index (Phi) is 5.39. The summed E-state index contributed by atoms with van der Waals surface area (Å²) < 4.78 is 11.1. The average Bonchev–Trinajstić information content (AvgIpc) is 2.47. The molecule has 1 unspecified atom stereocenters. The number of anilines is 2. The Balaban J connectivity index is 1.98. The minimum atomic E-state index is 0.591. The Morgan fingerprint density at radius 2 is 1.90 bits per heavy atom. The van der Waals surface area contributed by atoms with Crippen LogP contribution in [-0.4, -0.2) is 19.8 Å². The lowest BCUT2D eigenvalue weighted by Crippen LogP contribution is -2.17. The van der Waals surface area contributed by atoms with E-state index in [1.807, 2.05) is 12.1 Å². The van der Waals surface area contributed by atoms with E-state index < -0.39 is 0 Å². The number of benzene rings is 1. The highest BCUT2D eigenvalue weighted by molar-refractivity contribution is 5.72. The van der Waals surface area contributed by atoms with Crippen molar-refractivity contribution in [3.8, 4) is 11.5 Å². The van der Waals surface area contributed by atoms with Gasteiger partial charge in [-0.3, -0.25) is 0 Å². The number of nitrogen functional groups attached to an aromatic ring is 1. The highest BCUT2D eigenvalue weighted by Crippen LogP contribution is 2.37. The van der Waals surface area contributed by atoms with Gasteiger partial charge >= 0.3 is 0 Å². The number of rotatable bonds is 7. The molecule has 0 bridgehead atoms. The summed E-state index contributed by atoms with van der Waals surface area (Å²) in [5, 5.41) is 3.46. The summed E-state index contributed by atoms with van der Waals surface area (Å²) in [5.41, 5.74) is 7.74. The van der Waals surface area contributed by atoms with E-state index in [9.17, 15) is 0 Å². The molecule has 3 N–H and O–H groups in total. The van der Waals surface area contributed by atoms with Crippen molar-refractivity contribution in [3.05, 3.63) is 12.1 Å². The van der Waals surface area contributed by atoms with E-state index in [1.165, 1.54) is 25.7 Å². The molecule has 0 aliphatic carbocycles. The largest absolute Gasteiger partial charge is 0.486 e. The summed E-state index contributed by atoms with van der Waals surface area (Å²) in [7, 11) is 0. The first-order valence-corrected chi connectivity index (χ1v) is 7.67. The molecule has 1 atom stereocenters. The van der Waals surface area contributed by atoms with E-state index in [-0.39, 0.29) is 0 Å². The van der Waals surface area contributed by atoms with Crippen LogP contribution in [0.4, 0.5) is 11.4 Å². The van der Waals surface area contributed by atoms with Crippen LogP contribution in [0.15, 0.2) is 12.1 Å². The van der Waals surface area contributed by atoms with Crippen LogP contribution in [0.25, 0.3) is 0 Å². The molecule has 0 aromatic heterocycles. The topological polar surface area (TPSA) is 56.5 Å². The van der Waals surface area contributed by atoms with E-state index in [0.717, 1.165) is 29.4 Å². The van der Waals surface area contributed by atoms with E-state index in [0.29, 0.717) is 19.1 Å². The van der Waals surface area contributed by atoms with Crippen LogP contribution in [0.2, 0.25) is 0 Å².